The fraction of sp³-hybridized carbons (Fsp3) is 0.125. The van der Waals surface area contributed by atoms with E-state index in [1.165, 1.54) is 12.1 Å². The van der Waals surface area contributed by atoms with Crippen molar-refractivity contribution in [3.05, 3.63) is 63.6 Å². The van der Waals surface area contributed by atoms with Crippen LogP contribution < -0.4 is 4.74 Å². The first-order chi connectivity index (χ1) is 10.5. The number of hydrogen-bond acceptors (Lipinski definition) is 4. The molecule has 0 spiro atoms. The molecule has 2 aromatic rings. The third-order valence-electron chi connectivity index (χ3n) is 3.26. The number of benzene rings is 2. The van der Waals surface area contributed by atoms with Crippen molar-refractivity contribution in [2.45, 2.75) is 12.5 Å². The predicted molar refractivity (Wildman–Crippen MR) is 81.4 cm³/mol. The smallest absolute Gasteiger partial charge is 0.353 e. The molecule has 6 heteroatoms. The van der Waals surface area contributed by atoms with Crippen molar-refractivity contribution in [2.75, 3.05) is 0 Å². The quantitative estimate of drug-likeness (QED) is 0.620. The highest BCUT2D eigenvalue weighted by molar-refractivity contribution is 6.35. The Morgan fingerprint density at radius 3 is 2.73 bits per heavy atom. The summed E-state index contributed by atoms with van der Waals surface area (Å²) in [6, 6.07) is 11.5. The van der Waals surface area contributed by atoms with Crippen LogP contribution in [0.4, 0.5) is 0 Å². The van der Waals surface area contributed by atoms with Crippen LogP contribution in [-0.4, -0.2) is 18.0 Å². The Morgan fingerprint density at radius 2 is 1.95 bits per heavy atom. The van der Waals surface area contributed by atoms with Crippen molar-refractivity contribution in [1.82, 2.24) is 0 Å². The fourth-order valence-electron chi connectivity index (χ4n) is 2.20. The highest BCUT2D eigenvalue weighted by atomic mass is 35.5. The zero-order valence-electron chi connectivity index (χ0n) is 11.2. The van der Waals surface area contributed by atoms with E-state index in [4.69, 9.17) is 32.7 Å². The van der Waals surface area contributed by atoms with Gasteiger partial charge in [-0.1, -0.05) is 41.4 Å². The molecule has 112 valence electrons. The Kier molecular flexibility index (Phi) is 4.05. The third kappa shape index (κ3) is 2.93. The lowest BCUT2D eigenvalue weighted by molar-refractivity contribution is -0.144. The van der Waals surface area contributed by atoms with Crippen LogP contribution in [0.1, 0.15) is 15.9 Å². The van der Waals surface area contributed by atoms with E-state index in [0.717, 1.165) is 5.56 Å². The summed E-state index contributed by atoms with van der Waals surface area (Å²) in [4.78, 5) is 24.1. The first-order valence-corrected chi connectivity index (χ1v) is 7.26. The number of halogens is 2. The minimum atomic E-state index is -0.992. The SMILES string of the molecule is O=C1OC(C(=O)Oc2ccc(Cl)cc2Cl)Cc2ccccc21. The largest absolute Gasteiger partial charge is 0.446 e. The van der Waals surface area contributed by atoms with Crippen molar-refractivity contribution in [2.24, 2.45) is 0 Å². The van der Waals surface area contributed by atoms with Gasteiger partial charge < -0.3 is 9.47 Å². The van der Waals surface area contributed by atoms with Gasteiger partial charge in [0.1, 0.15) is 5.75 Å². The molecule has 0 amide bonds. The maximum Gasteiger partial charge on any atom is 0.353 e. The molecule has 3 rings (SSSR count). The number of carbonyl (C=O) groups excluding carboxylic acids is 2. The molecule has 0 N–H and O–H groups in total. The molecule has 0 fully saturated rings. The van der Waals surface area contributed by atoms with E-state index >= 15 is 0 Å². The number of carbonyl (C=O) groups is 2. The second kappa shape index (κ2) is 5.99. The Morgan fingerprint density at radius 1 is 1.18 bits per heavy atom. The van der Waals surface area contributed by atoms with Crippen LogP contribution in [0.5, 0.6) is 5.75 Å². The normalized spacial score (nSPS) is 16.6. The van der Waals surface area contributed by atoms with Gasteiger partial charge in [-0.2, -0.15) is 0 Å². The Balaban J connectivity index is 1.78. The summed E-state index contributed by atoms with van der Waals surface area (Å²) in [5.41, 5.74) is 1.22. The number of ether oxygens (including phenoxy) is 2. The molecule has 0 bridgehead atoms. The summed E-state index contributed by atoms with van der Waals surface area (Å²) in [5, 5.41) is 0.645. The number of esters is 2. The van der Waals surface area contributed by atoms with E-state index in [1.54, 1.807) is 30.3 Å². The van der Waals surface area contributed by atoms with Crippen molar-refractivity contribution >= 4 is 35.1 Å². The average molecular weight is 337 g/mol. The minimum absolute atomic E-state index is 0.172. The van der Waals surface area contributed by atoms with Crippen LogP contribution in [0.2, 0.25) is 10.0 Å². The first kappa shape index (κ1) is 14.9. The topological polar surface area (TPSA) is 52.6 Å². The van der Waals surface area contributed by atoms with Crippen LogP contribution in [0, 0.1) is 0 Å². The molecule has 1 atom stereocenters. The third-order valence-corrected chi connectivity index (χ3v) is 3.79. The maximum atomic E-state index is 12.2. The number of rotatable bonds is 2. The van der Waals surface area contributed by atoms with Crippen LogP contribution in [0.25, 0.3) is 0 Å². The highest BCUT2D eigenvalue weighted by Gasteiger charge is 2.32. The van der Waals surface area contributed by atoms with Crippen LogP contribution >= 0.6 is 23.2 Å². The molecule has 0 saturated carbocycles. The van der Waals surface area contributed by atoms with Gasteiger partial charge in [0, 0.05) is 11.4 Å². The Labute approximate surface area is 136 Å². The van der Waals surface area contributed by atoms with Gasteiger partial charge in [-0.05, 0) is 29.8 Å². The molecule has 0 radical (unpaired) electrons. The fourth-order valence-corrected chi connectivity index (χ4v) is 2.64. The van der Waals surface area contributed by atoms with Crippen molar-refractivity contribution in [1.29, 1.82) is 0 Å². The molecule has 22 heavy (non-hydrogen) atoms. The first-order valence-electron chi connectivity index (χ1n) is 6.50. The van der Waals surface area contributed by atoms with E-state index in [-0.39, 0.29) is 17.2 Å². The van der Waals surface area contributed by atoms with Gasteiger partial charge in [0.25, 0.3) is 0 Å². The highest BCUT2D eigenvalue weighted by Crippen LogP contribution is 2.29. The zero-order chi connectivity index (χ0) is 15.7. The number of fused-ring (bicyclic) bond motifs is 1. The van der Waals surface area contributed by atoms with Crippen molar-refractivity contribution in [3.8, 4) is 5.75 Å². The predicted octanol–water partition coefficient (Wildman–Crippen LogP) is 3.68. The lowest BCUT2D eigenvalue weighted by Crippen LogP contribution is -2.37. The number of hydrogen-bond donors (Lipinski definition) is 0. The molecule has 2 aromatic carbocycles. The summed E-state index contributed by atoms with van der Waals surface area (Å²) < 4.78 is 10.3. The van der Waals surface area contributed by atoms with Crippen LogP contribution in [-0.2, 0) is 16.0 Å². The van der Waals surface area contributed by atoms with E-state index in [1.807, 2.05) is 0 Å². The van der Waals surface area contributed by atoms with Gasteiger partial charge in [-0.25, -0.2) is 9.59 Å². The Hall–Kier alpha value is -2.04. The summed E-state index contributed by atoms with van der Waals surface area (Å²) in [7, 11) is 0. The van der Waals surface area contributed by atoms with E-state index in [2.05, 4.69) is 0 Å². The minimum Gasteiger partial charge on any atom is -0.446 e. The number of cyclic esters (lactones) is 1. The zero-order valence-corrected chi connectivity index (χ0v) is 12.7. The standard InChI is InChI=1S/C16H10Cl2O4/c17-10-5-6-13(12(18)8-10)21-16(20)14-7-9-3-1-2-4-11(9)15(19)22-14/h1-6,8,14H,7H2. The van der Waals surface area contributed by atoms with E-state index in [0.29, 0.717) is 10.6 Å². The lowest BCUT2D eigenvalue weighted by atomic mass is 9.99. The van der Waals surface area contributed by atoms with Crippen molar-refractivity contribution < 1.29 is 19.1 Å². The lowest BCUT2D eigenvalue weighted by Gasteiger charge is -2.23. The molecule has 1 aliphatic heterocycles. The summed E-state index contributed by atoms with van der Waals surface area (Å²) in [6.45, 7) is 0. The van der Waals surface area contributed by atoms with Crippen LogP contribution in [0.15, 0.2) is 42.5 Å². The molecule has 0 aromatic heterocycles. The maximum absolute atomic E-state index is 12.2. The molecule has 1 heterocycles. The van der Waals surface area contributed by atoms with E-state index in [9.17, 15) is 9.59 Å². The summed E-state index contributed by atoms with van der Waals surface area (Å²) in [5.74, 6) is -1.04. The van der Waals surface area contributed by atoms with Gasteiger partial charge >= 0.3 is 11.9 Å². The van der Waals surface area contributed by atoms with Gasteiger partial charge in [0.05, 0.1) is 10.6 Å². The van der Waals surface area contributed by atoms with Gasteiger partial charge in [0.15, 0.2) is 0 Å². The summed E-state index contributed by atoms with van der Waals surface area (Å²) in [6.07, 6.45) is -0.722. The molecule has 4 nitrogen and oxygen atoms in total. The summed E-state index contributed by atoms with van der Waals surface area (Å²) >= 11 is 11.7. The molecule has 0 aliphatic carbocycles. The van der Waals surface area contributed by atoms with E-state index < -0.39 is 18.0 Å². The average Bonchev–Trinajstić information content (AvgIpc) is 2.50. The monoisotopic (exact) mass is 336 g/mol. The molecule has 1 aliphatic rings. The second-order valence-electron chi connectivity index (χ2n) is 4.75. The second-order valence-corrected chi connectivity index (χ2v) is 5.59. The van der Waals surface area contributed by atoms with Gasteiger partial charge in [0.2, 0.25) is 6.10 Å². The Bertz CT molecular complexity index is 758. The van der Waals surface area contributed by atoms with Crippen molar-refractivity contribution in [3.63, 3.8) is 0 Å². The van der Waals surface area contributed by atoms with Gasteiger partial charge in [-0.3, -0.25) is 0 Å². The molecule has 0 saturated heterocycles. The molecular weight excluding hydrogens is 327 g/mol. The molecular formula is C16H10Cl2O4. The van der Waals surface area contributed by atoms with Crippen LogP contribution in [0.3, 0.4) is 0 Å². The van der Waals surface area contributed by atoms with Gasteiger partial charge in [-0.15, -0.1) is 0 Å². The molecule has 1 unspecified atom stereocenters.